The maximum Gasteiger partial charge on any atom is 0.0159 e. The molecule has 55 heavy (non-hydrogen) atoms. The van der Waals surface area contributed by atoms with E-state index in [1.807, 2.05) is 0 Å². The van der Waals surface area contributed by atoms with Gasteiger partial charge in [-0.25, -0.2) is 0 Å². The van der Waals surface area contributed by atoms with Crippen molar-refractivity contribution in [2.45, 2.75) is 59.8 Å². The Bertz CT molecular complexity index is 2500. The molecule has 9 rings (SSSR count). The van der Waals surface area contributed by atoms with Crippen molar-refractivity contribution < 1.29 is 0 Å². The first-order chi connectivity index (χ1) is 26.7. The third kappa shape index (κ3) is 8.56. The smallest absolute Gasteiger partial charge is 0.0159 e. The van der Waals surface area contributed by atoms with E-state index >= 15 is 0 Å². The quantitative estimate of drug-likeness (QED) is 0.167. The van der Waals surface area contributed by atoms with Gasteiger partial charge >= 0.3 is 0 Å². The van der Waals surface area contributed by atoms with Crippen LogP contribution in [0.2, 0.25) is 0 Å². The normalized spacial score (nSPS) is 12.1. The van der Waals surface area contributed by atoms with E-state index in [0.717, 1.165) is 0 Å². The second-order valence-corrected chi connectivity index (χ2v) is 15.5. The third-order valence-corrected chi connectivity index (χ3v) is 10.9. The summed E-state index contributed by atoms with van der Waals surface area (Å²) in [5.41, 5.74) is 18.6. The molecule has 0 heterocycles. The van der Waals surface area contributed by atoms with Crippen molar-refractivity contribution >= 4 is 10.8 Å². The van der Waals surface area contributed by atoms with Crippen LogP contribution in [-0.4, -0.2) is 0 Å². The third-order valence-electron chi connectivity index (χ3n) is 10.9. The predicted molar refractivity (Wildman–Crippen MR) is 239 cm³/mol. The van der Waals surface area contributed by atoms with Gasteiger partial charge in [-0.1, -0.05) is 220 Å². The maximum atomic E-state index is 2.40. The van der Waals surface area contributed by atoms with Crippen LogP contribution in [0.15, 0.2) is 182 Å². The second-order valence-electron chi connectivity index (χ2n) is 15.5. The molecule has 0 nitrogen and oxygen atoms in total. The van der Waals surface area contributed by atoms with E-state index in [4.69, 9.17) is 0 Å². The Morgan fingerprint density at radius 3 is 1.40 bits per heavy atom. The highest BCUT2D eigenvalue weighted by atomic mass is 14.4. The van der Waals surface area contributed by atoms with Crippen molar-refractivity contribution in [1.29, 1.82) is 0 Å². The van der Waals surface area contributed by atoms with Crippen molar-refractivity contribution in [2.75, 3.05) is 0 Å². The Morgan fingerprint density at radius 1 is 0.364 bits per heavy atom. The lowest BCUT2D eigenvalue weighted by atomic mass is 9.81. The van der Waals surface area contributed by atoms with Gasteiger partial charge in [0.2, 0.25) is 0 Å². The van der Waals surface area contributed by atoms with Gasteiger partial charge in [0, 0.05) is 5.41 Å². The van der Waals surface area contributed by atoms with Gasteiger partial charge in [-0.3, -0.25) is 0 Å². The number of hydrogen-bond acceptors (Lipinski definition) is 0. The minimum Gasteiger partial charge on any atom is -0.0651 e. The molecule has 0 radical (unpaired) electrons. The summed E-state index contributed by atoms with van der Waals surface area (Å²) in [6.45, 7) is 13.3. The first-order valence-electron chi connectivity index (χ1n) is 19.7. The van der Waals surface area contributed by atoms with Crippen LogP contribution >= 0.6 is 0 Å². The van der Waals surface area contributed by atoms with Crippen LogP contribution in [0.4, 0.5) is 0 Å². The lowest BCUT2D eigenvalue weighted by molar-refractivity contribution is 0.660. The van der Waals surface area contributed by atoms with Gasteiger partial charge in [0.15, 0.2) is 0 Å². The van der Waals surface area contributed by atoms with Gasteiger partial charge in [0.05, 0.1) is 0 Å². The molecule has 0 saturated carbocycles. The number of hydrogen-bond donors (Lipinski definition) is 0. The molecule has 0 spiro atoms. The summed E-state index contributed by atoms with van der Waals surface area (Å²) < 4.78 is 0. The van der Waals surface area contributed by atoms with Crippen LogP contribution in [0.1, 0.15) is 60.6 Å². The Hall–Kier alpha value is -5.98. The maximum absolute atomic E-state index is 2.40. The lowest BCUT2D eigenvalue weighted by Gasteiger charge is -2.22. The van der Waals surface area contributed by atoms with Crippen LogP contribution in [0.3, 0.4) is 0 Å². The fourth-order valence-corrected chi connectivity index (χ4v) is 7.72. The number of rotatable bonds is 5. The lowest BCUT2D eigenvalue weighted by Crippen LogP contribution is -2.15. The first kappa shape index (κ1) is 37.3. The fraction of sp³-hybridized carbons (Fsp3) is 0.164. The number of fused-ring (bicyclic) bond motifs is 4. The summed E-state index contributed by atoms with van der Waals surface area (Å²) >= 11 is 0. The Morgan fingerprint density at radius 2 is 0.800 bits per heavy atom. The van der Waals surface area contributed by atoms with Crippen LogP contribution in [0, 0.1) is 20.8 Å². The molecule has 0 atom stereocenters. The zero-order valence-electron chi connectivity index (χ0n) is 33.2. The van der Waals surface area contributed by atoms with E-state index in [1.54, 1.807) is 0 Å². The van der Waals surface area contributed by atoms with E-state index in [0.29, 0.717) is 0 Å². The SMILES string of the molecule is CCCc1ccc(C)cc1.Cc1ccc2c(c1)C(C)(C)c1cc(-c3ccc(-c4ccc(-c5ccccc5)cc4)cc3)ccc1-2.Cc1ccc2ccccc2c1. The summed E-state index contributed by atoms with van der Waals surface area (Å²) in [5, 5.41) is 2.64. The molecule has 1 aliphatic carbocycles. The molecule has 8 aromatic carbocycles. The molecule has 8 aromatic rings. The van der Waals surface area contributed by atoms with Gasteiger partial charge in [0.25, 0.3) is 0 Å². The van der Waals surface area contributed by atoms with E-state index in [9.17, 15) is 0 Å². The highest BCUT2D eigenvalue weighted by Crippen LogP contribution is 2.49. The molecule has 0 unspecified atom stereocenters. The largest absolute Gasteiger partial charge is 0.0651 e. The van der Waals surface area contributed by atoms with Crippen LogP contribution in [0.5, 0.6) is 0 Å². The molecule has 272 valence electrons. The highest BCUT2D eigenvalue weighted by molar-refractivity contribution is 5.85. The van der Waals surface area contributed by atoms with Crippen molar-refractivity contribution in [3.63, 3.8) is 0 Å². The van der Waals surface area contributed by atoms with Gasteiger partial charge in [-0.2, -0.15) is 0 Å². The monoisotopic (exact) mass is 712 g/mol. The molecular formula is C55H52. The molecule has 0 amide bonds. The zero-order chi connectivity index (χ0) is 38.4. The Balaban J connectivity index is 0.000000179. The Kier molecular flexibility index (Phi) is 11.3. The molecule has 0 aromatic heterocycles. The average molecular weight is 713 g/mol. The molecule has 1 aliphatic rings. The molecule has 0 aliphatic heterocycles. The standard InChI is InChI=1S/C34H28.C11H10.C10H14/c1-23-9-19-30-31-20-18-29(22-33(31)34(2,3)32(30)21-23)28-16-14-27(15-17-28)26-12-10-25(11-13-26)24-7-5-4-6-8-24;1-9-6-7-10-4-2-3-5-11(10)8-9;1-3-4-10-7-5-9(2)6-8-10/h4-22H,1-3H3;2-8H,1H3;5-8H,3-4H2,1-2H3. The van der Waals surface area contributed by atoms with E-state index < -0.39 is 0 Å². The van der Waals surface area contributed by atoms with E-state index in [-0.39, 0.29) is 5.41 Å². The molecule has 0 bridgehead atoms. The van der Waals surface area contributed by atoms with Crippen molar-refractivity contribution in [2.24, 2.45) is 0 Å². The topological polar surface area (TPSA) is 0 Å². The van der Waals surface area contributed by atoms with E-state index in [1.165, 1.54) is 102 Å². The number of aryl methyl sites for hydroxylation is 4. The number of benzene rings is 8. The summed E-state index contributed by atoms with van der Waals surface area (Å²) in [4.78, 5) is 0. The van der Waals surface area contributed by atoms with Crippen molar-refractivity contribution in [1.82, 2.24) is 0 Å². The summed E-state index contributed by atoms with van der Waals surface area (Å²) in [6.07, 6.45) is 2.45. The van der Waals surface area contributed by atoms with Crippen LogP contribution in [-0.2, 0) is 11.8 Å². The Labute approximate surface area is 329 Å². The van der Waals surface area contributed by atoms with Crippen LogP contribution < -0.4 is 0 Å². The van der Waals surface area contributed by atoms with Gasteiger partial charge < -0.3 is 0 Å². The summed E-state index contributed by atoms with van der Waals surface area (Å²) in [5.74, 6) is 0. The fourth-order valence-electron chi connectivity index (χ4n) is 7.72. The van der Waals surface area contributed by atoms with E-state index in [2.05, 4.69) is 224 Å². The average Bonchev–Trinajstić information content (AvgIpc) is 3.44. The molecule has 0 heteroatoms. The predicted octanol–water partition coefficient (Wildman–Crippen LogP) is 15.4. The van der Waals surface area contributed by atoms with Crippen molar-refractivity contribution in [3.8, 4) is 44.5 Å². The summed E-state index contributed by atoms with van der Waals surface area (Å²) in [6, 6.07) is 65.9. The minimum absolute atomic E-state index is 0.0210. The summed E-state index contributed by atoms with van der Waals surface area (Å²) in [7, 11) is 0. The van der Waals surface area contributed by atoms with Crippen molar-refractivity contribution in [3.05, 3.63) is 215 Å². The second kappa shape index (κ2) is 16.6. The minimum atomic E-state index is 0.0210. The van der Waals surface area contributed by atoms with Gasteiger partial charge in [0.1, 0.15) is 0 Å². The zero-order valence-corrected chi connectivity index (χ0v) is 33.2. The molecule has 0 N–H and O–H groups in total. The highest BCUT2D eigenvalue weighted by Gasteiger charge is 2.35. The molecule has 0 fully saturated rings. The molecule has 0 saturated heterocycles. The molecular weight excluding hydrogens is 661 g/mol. The van der Waals surface area contributed by atoms with Gasteiger partial charge in [-0.15, -0.1) is 0 Å². The van der Waals surface area contributed by atoms with Crippen LogP contribution in [0.25, 0.3) is 55.3 Å². The first-order valence-corrected chi connectivity index (χ1v) is 19.7. The van der Waals surface area contributed by atoms with Gasteiger partial charge in [-0.05, 0) is 105 Å².